The van der Waals surface area contributed by atoms with E-state index in [1.165, 1.54) is 0 Å². The van der Waals surface area contributed by atoms with Gasteiger partial charge in [-0.05, 0) is 6.92 Å². The van der Waals surface area contributed by atoms with E-state index in [4.69, 9.17) is 5.73 Å². The molecule has 0 fully saturated rings. The summed E-state index contributed by atoms with van der Waals surface area (Å²) in [7, 11) is 0. The van der Waals surface area contributed by atoms with E-state index in [0.29, 0.717) is 5.84 Å². The average molecular weight is 140 g/mol. The van der Waals surface area contributed by atoms with E-state index in [1.54, 1.807) is 6.20 Å². The zero-order valence-corrected chi connectivity index (χ0v) is 7.18. The van der Waals surface area contributed by atoms with E-state index in [-0.39, 0.29) is 5.41 Å². The predicted molar refractivity (Wildman–Crippen MR) is 45.9 cm³/mol. The third-order valence-electron chi connectivity index (χ3n) is 1.13. The minimum Gasteiger partial charge on any atom is -0.387 e. The Labute approximate surface area is 62.8 Å². The van der Waals surface area contributed by atoms with Crippen LogP contribution >= 0.6 is 0 Å². The van der Waals surface area contributed by atoms with Crippen molar-refractivity contribution in [3.63, 3.8) is 0 Å². The van der Waals surface area contributed by atoms with E-state index in [9.17, 15) is 0 Å². The monoisotopic (exact) mass is 140 g/mol. The molecule has 0 unspecified atom stereocenters. The van der Waals surface area contributed by atoms with Crippen molar-refractivity contribution in [1.82, 2.24) is 0 Å². The van der Waals surface area contributed by atoms with Gasteiger partial charge in [0.05, 0.1) is 0 Å². The van der Waals surface area contributed by atoms with Crippen molar-refractivity contribution >= 4 is 5.84 Å². The van der Waals surface area contributed by atoms with Gasteiger partial charge in [-0.25, -0.2) is 4.99 Å². The molecular weight excluding hydrogens is 124 g/mol. The molecule has 58 valence electrons. The normalized spacial score (nSPS) is 14.6. The number of rotatable bonds is 1. The standard InChI is InChI=1S/C8H16N2/c1-5-6-10-7(9)8(2,3)4/h5-6H,1-4H3,(H2,9,10)/b6-5+. The Morgan fingerprint density at radius 2 is 1.90 bits per heavy atom. The van der Waals surface area contributed by atoms with Gasteiger partial charge in [-0.3, -0.25) is 0 Å². The van der Waals surface area contributed by atoms with E-state index in [1.807, 2.05) is 33.8 Å². The van der Waals surface area contributed by atoms with Crippen LogP contribution < -0.4 is 5.73 Å². The van der Waals surface area contributed by atoms with Gasteiger partial charge < -0.3 is 5.73 Å². The summed E-state index contributed by atoms with van der Waals surface area (Å²) in [5.41, 5.74) is 5.62. The zero-order valence-electron chi connectivity index (χ0n) is 7.18. The molecule has 2 nitrogen and oxygen atoms in total. The molecule has 0 aromatic rings. The highest BCUT2D eigenvalue weighted by Gasteiger charge is 2.13. The first-order chi connectivity index (χ1) is 4.48. The smallest absolute Gasteiger partial charge is 0.104 e. The molecule has 0 aromatic heterocycles. The number of nitrogens with zero attached hydrogens (tertiary/aromatic N) is 1. The predicted octanol–water partition coefficient (Wildman–Crippen LogP) is 1.92. The minimum atomic E-state index is -0.0144. The number of aliphatic imine (C=N–C) groups is 1. The first-order valence-corrected chi connectivity index (χ1v) is 3.43. The van der Waals surface area contributed by atoms with Crippen LogP contribution in [0.3, 0.4) is 0 Å². The van der Waals surface area contributed by atoms with Gasteiger partial charge in [0.1, 0.15) is 5.84 Å². The molecular formula is C8H16N2. The van der Waals surface area contributed by atoms with Gasteiger partial charge in [0.15, 0.2) is 0 Å². The van der Waals surface area contributed by atoms with Crippen LogP contribution in [0.25, 0.3) is 0 Å². The van der Waals surface area contributed by atoms with Crippen molar-refractivity contribution in [3.8, 4) is 0 Å². The molecule has 2 N–H and O–H groups in total. The maximum Gasteiger partial charge on any atom is 0.104 e. The summed E-state index contributed by atoms with van der Waals surface area (Å²) in [6.07, 6.45) is 3.57. The quantitative estimate of drug-likeness (QED) is 0.438. The van der Waals surface area contributed by atoms with Crippen LogP contribution in [0.2, 0.25) is 0 Å². The Bertz CT molecular complexity index is 149. The molecule has 0 aliphatic carbocycles. The lowest BCUT2D eigenvalue weighted by atomic mass is 9.95. The Hall–Kier alpha value is -0.790. The summed E-state index contributed by atoms with van der Waals surface area (Å²) in [6.45, 7) is 8.03. The van der Waals surface area contributed by atoms with Crippen LogP contribution in [-0.2, 0) is 0 Å². The Kier molecular flexibility index (Phi) is 3.13. The molecule has 0 rings (SSSR count). The maximum absolute atomic E-state index is 5.64. The molecule has 0 amide bonds. The maximum atomic E-state index is 5.64. The summed E-state index contributed by atoms with van der Waals surface area (Å²) in [6, 6.07) is 0. The number of hydrogen-bond acceptors (Lipinski definition) is 1. The second-order valence-electron chi connectivity index (χ2n) is 3.25. The highest BCUT2D eigenvalue weighted by molar-refractivity contribution is 5.85. The van der Waals surface area contributed by atoms with Gasteiger partial charge in [0.2, 0.25) is 0 Å². The summed E-state index contributed by atoms with van der Waals surface area (Å²) >= 11 is 0. The third-order valence-corrected chi connectivity index (χ3v) is 1.13. The minimum absolute atomic E-state index is 0.0144. The van der Waals surface area contributed by atoms with Crippen molar-refractivity contribution in [2.45, 2.75) is 27.7 Å². The molecule has 0 atom stereocenters. The first kappa shape index (κ1) is 9.21. The van der Waals surface area contributed by atoms with Crippen LogP contribution in [0.1, 0.15) is 27.7 Å². The molecule has 10 heavy (non-hydrogen) atoms. The van der Waals surface area contributed by atoms with Gasteiger partial charge in [0, 0.05) is 11.6 Å². The van der Waals surface area contributed by atoms with Crippen molar-refractivity contribution < 1.29 is 0 Å². The highest BCUT2D eigenvalue weighted by Crippen LogP contribution is 2.12. The van der Waals surface area contributed by atoms with E-state index in [2.05, 4.69) is 4.99 Å². The Morgan fingerprint density at radius 3 is 2.20 bits per heavy atom. The van der Waals surface area contributed by atoms with E-state index < -0.39 is 0 Å². The van der Waals surface area contributed by atoms with Crippen LogP contribution in [0.4, 0.5) is 0 Å². The van der Waals surface area contributed by atoms with Crippen LogP contribution in [-0.4, -0.2) is 5.84 Å². The lowest BCUT2D eigenvalue weighted by Crippen LogP contribution is -2.28. The lowest BCUT2D eigenvalue weighted by Gasteiger charge is -2.16. The van der Waals surface area contributed by atoms with Gasteiger partial charge in [-0.1, -0.05) is 26.8 Å². The van der Waals surface area contributed by atoms with E-state index in [0.717, 1.165) is 0 Å². The number of amidine groups is 1. The van der Waals surface area contributed by atoms with Crippen LogP contribution in [0, 0.1) is 5.41 Å². The number of hydrogen-bond donors (Lipinski definition) is 1. The van der Waals surface area contributed by atoms with Crippen molar-refractivity contribution in [2.75, 3.05) is 0 Å². The van der Waals surface area contributed by atoms with Gasteiger partial charge >= 0.3 is 0 Å². The van der Waals surface area contributed by atoms with Gasteiger partial charge in [-0.2, -0.15) is 0 Å². The molecule has 0 saturated heterocycles. The SMILES string of the molecule is C/C=C/N=C(N)C(C)(C)C. The third kappa shape index (κ3) is 3.28. The van der Waals surface area contributed by atoms with Crippen LogP contribution in [0.15, 0.2) is 17.3 Å². The molecule has 0 aliphatic heterocycles. The first-order valence-electron chi connectivity index (χ1n) is 3.43. The topological polar surface area (TPSA) is 38.4 Å². The molecule has 0 heterocycles. The Balaban J connectivity index is 4.20. The number of allylic oxidation sites excluding steroid dienone is 1. The highest BCUT2D eigenvalue weighted by atomic mass is 14.9. The molecule has 0 aliphatic rings. The number of nitrogens with two attached hydrogens (primary N) is 1. The van der Waals surface area contributed by atoms with Gasteiger partial charge in [0.25, 0.3) is 0 Å². The molecule has 0 aromatic carbocycles. The van der Waals surface area contributed by atoms with Gasteiger partial charge in [-0.15, -0.1) is 0 Å². The van der Waals surface area contributed by atoms with Crippen molar-refractivity contribution in [3.05, 3.63) is 12.3 Å². The fourth-order valence-corrected chi connectivity index (χ4v) is 0.348. The molecule has 0 radical (unpaired) electrons. The molecule has 2 heteroatoms. The lowest BCUT2D eigenvalue weighted by molar-refractivity contribution is 0.585. The largest absolute Gasteiger partial charge is 0.387 e. The summed E-state index contributed by atoms with van der Waals surface area (Å²) in [5, 5.41) is 0. The fraction of sp³-hybridized carbons (Fsp3) is 0.625. The Morgan fingerprint density at radius 1 is 1.40 bits per heavy atom. The van der Waals surface area contributed by atoms with E-state index >= 15 is 0 Å². The molecule has 0 spiro atoms. The molecule has 0 saturated carbocycles. The zero-order chi connectivity index (χ0) is 8.20. The second-order valence-corrected chi connectivity index (χ2v) is 3.25. The summed E-state index contributed by atoms with van der Waals surface area (Å²) < 4.78 is 0. The van der Waals surface area contributed by atoms with Crippen molar-refractivity contribution in [2.24, 2.45) is 16.1 Å². The average Bonchev–Trinajstić information content (AvgIpc) is 1.80. The fourth-order valence-electron chi connectivity index (χ4n) is 0.348. The van der Waals surface area contributed by atoms with Crippen LogP contribution in [0.5, 0.6) is 0 Å². The summed E-state index contributed by atoms with van der Waals surface area (Å²) in [4.78, 5) is 4.03. The second kappa shape index (κ2) is 3.40. The van der Waals surface area contributed by atoms with Crippen molar-refractivity contribution in [1.29, 1.82) is 0 Å². The summed E-state index contributed by atoms with van der Waals surface area (Å²) in [5.74, 6) is 0.672. The molecule has 0 bridgehead atoms.